The zero-order chi connectivity index (χ0) is 21.5. The first-order valence-corrected chi connectivity index (χ1v) is 9.77. The minimum atomic E-state index is -0.508. The number of aryl methyl sites for hydroxylation is 1. The molecule has 0 bridgehead atoms. The zero-order valence-corrected chi connectivity index (χ0v) is 17.0. The molecular weight excluding hydrogens is 385 g/mol. The zero-order valence-electron chi connectivity index (χ0n) is 17.0. The Labute approximate surface area is 174 Å². The topological polar surface area (TPSA) is 73.2 Å². The van der Waals surface area contributed by atoms with E-state index in [1.54, 1.807) is 16.9 Å². The summed E-state index contributed by atoms with van der Waals surface area (Å²) in [6.07, 6.45) is 2.43. The molecule has 156 valence electrons. The van der Waals surface area contributed by atoms with Crippen LogP contribution in [0.2, 0.25) is 0 Å². The lowest BCUT2D eigenvalue weighted by molar-refractivity contribution is -0.144. The van der Waals surface area contributed by atoms with Gasteiger partial charge in [-0.3, -0.25) is 14.3 Å². The van der Waals surface area contributed by atoms with Crippen molar-refractivity contribution in [3.63, 3.8) is 0 Å². The molecule has 0 aliphatic heterocycles. The fraction of sp³-hybridized carbons (Fsp3) is 0.261. The highest BCUT2D eigenvalue weighted by Crippen LogP contribution is 2.25. The van der Waals surface area contributed by atoms with Crippen LogP contribution >= 0.6 is 0 Å². The van der Waals surface area contributed by atoms with Crippen LogP contribution in [0.4, 0.5) is 4.39 Å². The van der Waals surface area contributed by atoms with Crippen molar-refractivity contribution in [3.8, 4) is 11.1 Å². The number of carbonyl (C=O) groups excluding carboxylic acids is 2. The number of aromatic nitrogens is 2. The van der Waals surface area contributed by atoms with Gasteiger partial charge in [-0.2, -0.15) is 5.10 Å². The van der Waals surface area contributed by atoms with E-state index in [2.05, 4.69) is 10.4 Å². The van der Waals surface area contributed by atoms with Crippen molar-refractivity contribution in [2.24, 2.45) is 7.05 Å². The highest BCUT2D eigenvalue weighted by atomic mass is 19.1. The molecule has 3 aromatic rings. The van der Waals surface area contributed by atoms with Crippen LogP contribution in [0.15, 0.2) is 54.7 Å². The molecule has 0 aliphatic carbocycles. The Balaban J connectivity index is 1.57. The Bertz CT molecular complexity index is 1030. The number of benzene rings is 2. The summed E-state index contributed by atoms with van der Waals surface area (Å²) < 4.78 is 21.1. The van der Waals surface area contributed by atoms with Gasteiger partial charge in [-0.25, -0.2) is 4.39 Å². The van der Waals surface area contributed by atoms with Gasteiger partial charge in [-0.1, -0.05) is 37.3 Å². The summed E-state index contributed by atoms with van der Waals surface area (Å²) in [5.41, 5.74) is 3.41. The largest absolute Gasteiger partial charge is 0.461 e. The second kappa shape index (κ2) is 9.82. The lowest BCUT2D eigenvalue weighted by atomic mass is 10.0. The van der Waals surface area contributed by atoms with E-state index in [0.717, 1.165) is 23.2 Å². The van der Waals surface area contributed by atoms with Gasteiger partial charge in [0, 0.05) is 30.4 Å². The quantitative estimate of drug-likeness (QED) is 0.577. The second-order valence-corrected chi connectivity index (χ2v) is 6.86. The van der Waals surface area contributed by atoms with Gasteiger partial charge in [-0.05, 0) is 35.7 Å². The molecular formula is C23H24FN3O3. The van der Waals surface area contributed by atoms with Crippen LogP contribution in [0.5, 0.6) is 0 Å². The number of amides is 1. The molecule has 0 spiro atoms. The number of rotatable bonds is 8. The molecule has 7 heteroatoms. The van der Waals surface area contributed by atoms with Crippen LogP contribution in [0, 0.1) is 5.82 Å². The number of hydrogen-bond acceptors (Lipinski definition) is 4. The van der Waals surface area contributed by atoms with Crippen LogP contribution in [0.25, 0.3) is 11.1 Å². The predicted octanol–water partition coefficient (Wildman–Crippen LogP) is 3.65. The first-order chi connectivity index (χ1) is 14.5. The minimum absolute atomic E-state index is 0.0311. The number of carbonyl (C=O) groups is 2. The van der Waals surface area contributed by atoms with Crippen LogP contribution in [-0.2, 0) is 29.6 Å². The van der Waals surface area contributed by atoms with Crippen LogP contribution in [0.3, 0.4) is 0 Å². The predicted molar refractivity (Wildman–Crippen MR) is 111 cm³/mol. The number of nitrogens with zero attached hydrogens (tertiary/aromatic N) is 2. The summed E-state index contributed by atoms with van der Waals surface area (Å²) in [6, 6.07) is 13.5. The minimum Gasteiger partial charge on any atom is -0.461 e. The number of hydrogen-bond donors (Lipinski definition) is 1. The van der Waals surface area contributed by atoms with Crippen LogP contribution in [0.1, 0.15) is 35.0 Å². The Hall–Kier alpha value is -3.48. The first-order valence-electron chi connectivity index (χ1n) is 9.77. The molecule has 1 N–H and O–H groups in total. The average Bonchev–Trinajstić information content (AvgIpc) is 3.13. The van der Waals surface area contributed by atoms with E-state index in [-0.39, 0.29) is 25.1 Å². The van der Waals surface area contributed by atoms with Crippen molar-refractivity contribution in [1.82, 2.24) is 15.1 Å². The molecule has 0 unspecified atom stereocenters. The summed E-state index contributed by atoms with van der Waals surface area (Å²) in [5, 5.41) is 6.86. The number of ether oxygens (including phenoxy) is 1. The monoisotopic (exact) mass is 409 g/mol. The molecule has 0 atom stereocenters. The molecule has 0 saturated heterocycles. The van der Waals surface area contributed by atoms with Crippen LogP contribution < -0.4 is 5.32 Å². The summed E-state index contributed by atoms with van der Waals surface area (Å²) >= 11 is 0. The van der Waals surface area contributed by atoms with E-state index in [1.165, 1.54) is 12.1 Å². The summed E-state index contributed by atoms with van der Waals surface area (Å²) in [7, 11) is 1.83. The van der Waals surface area contributed by atoms with E-state index < -0.39 is 17.7 Å². The van der Waals surface area contributed by atoms with Gasteiger partial charge in [0.1, 0.15) is 12.4 Å². The van der Waals surface area contributed by atoms with E-state index in [1.807, 2.05) is 44.3 Å². The van der Waals surface area contributed by atoms with Gasteiger partial charge in [0.15, 0.2) is 0 Å². The standard InChI is InChI=1S/C23H24FN3O3/c1-3-21-20(14-26-27(21)2)17-11-18(13-19(24)12-17)23(29)25-10-9-22(28)30-15-16-7-5-4-6-8-16/h4-8,11-14H,3,9-10,15H2,1-2H3,(H,25,29). The van der Waals surface area contributed by atoms with Gasteiger partial charge in [0.2, 0.25) is 0 Å². The highest BCUT2D eigenvalue weighted by molar-refractivity contribution is 5.95. The van der Waals surface area contributed by atoms with E-state index in [4.69, 9.17) is 4.74 Å². The molecule has 6 nitrogen and oxygen atoms in total. The molecule has 30 heavy (non-hydrogen) atoms. The molecule has 0 saturated carbocycles. The highest BCUT2D eigenvalue weighted by Gasteiger charge is 2.14. The molecule has 0 fully saturated rings. The molecule has 0 radical (unpaired) electrons. The second-order valence-electron chi connectivity index (χ2n) is 6.86. The molecule has 1 heterocycles. The van der Waals surface area contributed by atoms with Crippen molar-refractivity contribution in [2.45, 2.75) is 26.4 Å². The lowest BCUT2D eigenvalue weighted by Crippen LogP contribution is -2.26. The molecule has 3 rings (SSSR count). The lowest BCUT2D eigenvalue weighted by Gasteiger charge is -2.09. The van der Waals surface area contributed by atoms with Gasteiger partial charge < -0.3 is 10.1 Å². The molecule has 1 aromatic heterocycles. The van der Waals surface area contributed by atoms with Crippen LogP contribution in [-0.4, -0.2) is 28.2 Å². The Morgan fingerprint density at radius 2 is 1.93 bits per heavy atom. The summed E-state index contributed by atoms with van der Waals surface area (Å²) in [6.45, 7) is 2.28. The van der Waals surface area contributed by atoms with Gasteiger partial charge in [0.25, 0.3) is 5.91 Å². The number of halogens is 1. The Kier molecular flexibility index (Phi) is 6.95. The first kappa shape index (κ1) is 21.2. The van der Waals surface area contributed by atoms with Crippen molar-refractivity contribution < 1.29 is 18.7 Å². The Morgan fingerprint density at radius 3 is 2.67 bits per heavy atom. The third-order valence-corrected chi connectivity index (χ3v) is 4.72. The van der Waals surface area contributed by atoms with E-state index >= 15 is 0 Å². The van der Waals surface area contributed by atoms with Crippen molar-refractivity contribution in [3.05, 3.63) is 77.4 Å². The fourth-order valence-electron chi connectivity index (χ4n) is 3.19. The smallest absolute Gasteiger partial charge is 0.307 e. The summed E-state index contributed by atoms with van der Waals surface area (Å²) in [5.74, 6) is -1.37. The normalized spacial score (nSPS) is 10.6. The van der Waals surface area contributed by atoms with E-state index in [0.29, 0.717) is 5.56 Å². The number of nitrogens with one attached hydrogen (secondary N) is 1. The molecule has 1 amide bonds. The van der Waals surface area contributed by atoms with E-state index in [9.17, 15) is 14.0 Å². The maximum absolute atomic E-state index is 14.1. The Morgan fingerprint density at radius 1 is 1.17 bits per heavy atom. The van der Waals surface area contributed by atoms with Crippen molar-refractivity contribution >= 4 is 11.9 Å². The third kappa shape index (κ3) is 5.31. The maximum Gasteiger partial charge on any atom is 0.307 e. The maximum atomic E-state index is 14.1. The van der Waals surface area contributed by atoms with Gasteiger partial charge in [0.05, 0.1) is 12.6 Å². The number of esters is 1. The van der Waals surface area contributed by atoms with Crippen molar-refractivity contribution in [1.29, 1.82) is 0 Å². The van der Waals surface area contributed by atoms with Crippen molar-refractivity contribution in [2.75, 3.05) is 6.54 Å². The fourth-order valence-corrected chi connectivity index (χ4v) is 3.19. The van der Waals surface area contributed by atoms with Gasteiger partial charge in [-0.15, -0.1) is 0 Å². The SMILES string of the molecule is CCc1c(-c2cc(F)cc(C(=O)NCCC(=O)OCc3ccccc3)c2)cnn1C. The van der Waals surface area contributed by atoms with Gasteiger partial charge >= 0.3 is 5.97 Å². The summed E-state index contributed by atoms with van der Waals surface area (Å²) in [4.78, 5) is 24.3. The molecule has 2 aromatic carbocycles. The average molecular weight is 409 g/mol. The molecule has 0 aliphatic rings. The third-order valence-electron chi connectivity index (χ3n) is 4.72.